The Morgan fingerprint density at radius 3 is 2.30 bits per heavy atom. The van der Waals surface area contributed by atoms with Gasteiger partial charge in [-0.05, 0) is 68.8 Å². The molecule has 15 heteroatoms. The van der Waals surface area contributed by atoms with Crippen LogP contribution >= 0.6 is 0 Å². The lowest BCUT2D eigenvalue weighted by molar-refractivity contribution is -0.192. The highest BCUT2D eigenvalue weighted by Crippen LogP contribution is 2.39. The summed E-state index contributed by atoms with van der Waals surface area (Å²) in [5.74, 6) is -4.63. The number of carboxylic acid groups (broad SMARTS) is 1. The van der Waals surface area contributed by atoms with E-state index in [4.69, 9.17) is 14.9 Å². The molecule has 230 valence electrons. The number of para-hydroxylation sites is 1. The van der Waals surface area contributed by atoms with Crippen molar-refractivity contribution >= 4 is 29.5 Å². The minimum absolute atomic E-state index is 0.0565. The first kappa shape index (κ1) is 31.5. The van der Waals surface area contributed by atoms with Crippen LogP contribution in [0.1, 0.15) is 30.4 Å². The molecule has 3 N–H and O–H groups in total. The summed E-state index contributed by atoms with van der Waals surface area (Å²) in [6, 6.07) is 7.03. The van der Waals surface area contributed by atoms with Gasteiger partial charge in [-0.2, -0.15) is 18.2 Å². The Morgan fingerprint density at radius 1 is 1.05 bits per heavy atom. The van der Waals surface area contributed by atoms with Gasteiger partial charge in [-0.1, -0.05) is 12.5 Å². The second-order valence-electron chi connectivity index (χ2n) is 9.85. The standard InChI is InChI=1S/C26H27F3N6O.C2HF3O2/c1-16-14-17(27)8-9-18(16)22-19-15-31-26(36)35(23-20(28)6-5-7-21(23)29)24(19)33-25(32-22)30-10-13-34-11-3-2-4-12-34;3-2(4,5)1(6)7/h5-9,14H,2-4,10-13,15H2,1H3,(H,31,36)(H,30,32,33);(H,6,7). The third-order valence-electron chi connectivity index (χ3n) is 6.82. The van der Waals surface area contributed by atoms with Crippen molar-refractivity contribution in [3.63, 3.8) is 0 Å². The van der Waals surface area contributed by atoms with E-state index in [1.807, 2.05) is 0 Å². The number of anilines is 3. The lowest BCUT2D eigenvalue weighted by Crippen LogP contribution is -2.43. The van der Waals surface area contributed by atoms with Crippen molar-refractivity contribution in [2.75, 3.05) is 36.4 Å². The molecule has 3 aromatic rings. The molecule has 0 radical (unpaired) electrons. The number of hydrogen-bond acceptors (Lipinski definition) is 6. The van der Waals surface area contributed by atoms with E-state index in [0.717, 1.165) is 36.7 Å². The van der Waals surface area contributed by atoms with Gasteiger partial charge in [0.05, 0.1) is 12.2 Å². The number of amides is 2. The lowest BCUT2D eigenvalue weighted by atomic mass is 10.00. The Morgan fingerprint density at radius 2 is 1.70 bits per heavy atom. The maximum atomic E-state index is 14.8. The van der Waals surface area contributed by atoms with E-state index in [9.17, 15) is 31.1 Å². The second-order valence-corrected chi connectivity index (χ2v) is 9.85. The molecule has 0 aliphatic carbocycles. The average molecular weight is 611 g/mol. The van der Waals surface area contributed by atoms with Crippen molar-refractivity contribution in [1.82, 2.24) is 20.2 Å². The van der Waals surface area contributed by atoms with E-state index in [2.05, 4.69) is 20.5 Å². The highest BCUT2D eigenvalue weighted by Gasteiger charge is 2.38. The molecule has 3 heterocycles. The van der Waals surface area contributed by atoms with Gasteiger partial charge >= 0.3 is 18.2 Å². The first-order valence-electron chi connectivity index (χ1n) is 13.3. The van der Waals surface area contributed by atoms with Gasteiger partial charge < -0.3 is 20.6 Å². The number of rotatable bonds is 6. The Labute approximate surface area is 242 Å². The summed E-state index contributed by atoms with van der Waals surface area (Å²) in [7, 11) is 0. The van der Waals surface area contributed by atoms with Crippen molar-refractivity contribution in [3.8, 4) is 11.3 Å². The Balaban J connectivity index is 0.000000541. The smallest absolute Gasteiger partial charge is 0.475 e. The lowest BCUT2D eigenvalue weighted by Gasteiger charge is -2.31. The SMILES string of the molecule is Cc1cc(F)ccc1-c1nc(NCCN2CCCCC2)nc2c1CNC(=O)N2c1c(F)cccc1F.O=C(O)C(F)(F)F. The monoisotopic (exact) mass is 610 g/mol. The van der Waals surface area contributed by atoms with E-state index in [1.54, 1.807) is 13.0 Å². The van der Waals surface area contributed by atoms with Gasteiger partial charge in [0.2, 0.25) is 5.95 Å². The molecule has 0 bridgehead atoms. The Kier molecular flexibility index (Phi) is 9.73. The van der Waals surface area contributed by atoms with Crippen LogP contribution in [-0.2, 0) is 11.3 Å². The quantitative estimate of drug-likeness (QED) is 0.305. The largest absolute Gasteiger partial charge is 0.490 e. The molecule has 1 saturated heterocycles. The maximum Gasteiger partial charge on any atom is 0.490 e. The molecular formula is C28H28F6N6O3. The molecule has 2 aliphatic heterocycles. The number of fused-ring (bicyclic) bond motifs is 1. The number of piperidine rings is 1. The van der Waals surface area contributed by atoms with Gasteiger partial charge in [0.1, 0.15) is 23.1 Å². The third-order valence-corrected chi connectivity index (χ3v) is 6.82. The molecule has 9 nitrogen and oxygen atoms in total. The topological polar surface area (TPSA) is 111 Å². The molecule has 43 heavy (non-hydrogen) atoms. The first-order valence-corrected chi connectivity index (χ1v) is 13.3. The zero-order valence-corrected chi connectivity index (χ0v) is 22.9. The average Bonchev–Trinajstić information content (AvgIpc) is 2.94. The molecule has 2 aromatic carbocycles. The maximum absolute atomic E-state index is 14.8. The number of likely N-dealkylation sites (tertiary alicyclic amines) is 1. The van der Waals surface area contributed by atoms with Gasteiger partial charge in [0, 0.05) is 24.2 Å². The summed E-state index contributed by atoms with van der Waals surface area (Å²) in [5, 5.41) is 13.0. The van der Waals surface area contributed by atoms with Gasteiger partial charge in [0.25, 0.3) is 0 Å². The fourth-order valence-corrected chi connectivity index (χ4v) is 4.77. The Bertz CT molecular complexity index is 1480. The van der Waals surface area contributed by atoms with Crippen molar-refractivity contribution in [2.45, 2.75) is 38.9 Å². The predicted molar refractivity (Wildman–Crippen MR) is 145 cm³/mol. The minimum atomic E-state index is -5.08. The number of aromatic nitrogens is 2. The van der Waals surface area contributed by atoms with Crippen LogP contribution in [0, 0.1) is 24.4 Å². The molecule has 2 aliphatic rings. The van der Waals surface area contributed by atoms with Crippen molar-refractivity contribution in [2.24, 2.45) is 0 Å². The highest BCUT2D eigenvalue weighted by molar-refractivity contribution is 6.02. The molecule has 2 amide bonds. The predicted octanol–water partition coefficient (Wildman–Crippen LogP) is 5.76. The highest BCUT2D eigenvalue weighted by atomic mass is 19.4. The number of urea groups is 1. The van der Waals surface area contributed by atoms with Crippen LogP contribution in [0.2, 0.25) is 0 Å². The number of carbonyl (C=O) groups excluding carboxylic acids is 1. The zero-order chi connectivity index (χ0) is 31.3. The summed E-state index contributed by atoms with van der Waals surface area (Å²) in [4.78, 5) is 34.3. The number of carboxylic acids is 1. The molecular weight excluding hydrogens is 582 g/mol. The summed E-state index contributed by atoms with van der Waals surface area (Å²) in [6.07, 6.45) is -1.51. The molecule has 0 saturated carbocycles. The number of aryl methyl sites for hydroxylation is 1. The number of halogens is 6. The fraction of sp³-hybridized carbons (Fsp3) is 0.357. The zero-order valence-electron chi connectivity index (χ0n) is 22.9. The number of nitrogens with one attached hydrogen (secondary N) is 2. The summed E-state index contributed by atoms with van der Waals surface area (Å²) < 4.78 is 75.1. The van der Waals surface area contributed by atoms with Crippen molar-refractivity contribution in [1.29, 1.82) is 0 Å². The van der Waals surface area contributed by atoms with Gasteiger partial charge in [0.15, 0.2) is 5.82 Å². The third kappa shape index (κ3) is 7.52. The molecule has 0 unspecified atom stereocenters. The number of hydrogen-bond donors (Lipinski definition) is 3. The van der Waals surface area contributed by atoms with Gasteiger partial charge in [-0.25, -0.2) is 32.6 Å². The minimum Gasteiger partial charge on any atom is -0.475 e. The fourth-order valence-electron chi connectivity index (χ4n) is 4.77. The van der Waals surface area contributed by atoms with E-state index >= 15 is 0 Å². The van der Waals surface area contributed by atoms with Crippen LogP contribution in [0.5, 0.6) is 0 Å². The second kappa shape index (κ2) is 13.3. The molecule has 0 spiro atoms. The van der Waals surface area contributed by atoms with Crippen LogP contribution in [0.15, 0.2) is 36.4 Å². The number of alkyl halides is 3. The molecule has 5 rings (SSSR count). The normalized spacial score (nSPS) is 15.2. The van der Waals surface area contributed by atoms with E-state index in [0.29, 0.717) is 28.9 Å². The molecule has 1 aromatic heterocycles. The number of aliphatic carboxylic acids is 1. The van der Waals surface area contributed by atoms with E-state index in [1.165, 1.54) is 37.5 Å². The first-order chi connectivity index (χ1) is 20.4. The van der Waals surface area contributed by atoms with Crippen molar-refractivity contribution < 1.29 is 41.0 Å². The number of benzene rings is 2. The molecule has 1 fully saturated rings. The van der Waals surface area contributed by atoms with Crippen LogP contribution in [0.4, 0.5) is 48.6 Å². The summed E-state index contributed by atoms with van der Waals surface area (Å²) >= 11 is 0. The van der Waals surface area contributed by atoms with Crippen LogP contribution in [0.25, 0.3) is 11.3 Å². The van der Waals surface area contributed by atoms with Gasteiger partial charge in [-0.15, -0.1) is 0 Å². The number of nitrogens with zero attached hydrogens (tertiary/aromatic N) is 4. The summed E-state index contributed by atoms with van der Waals surface area (Å²) in [5.41, 5.74) is 1.69. The van der Waals surface area contributed by atoms with E-state index < -0.39 is 35.5 Å². The number of carbonyl (C=O) groups is 2. The van der Waals surface area contributed by atoms with Crippen molar-refractivity contribution in [3.05, 3.63) is 65.0 Å². The summed E-state index contributed by atoms with van der Waals surface area (Å²) in [6.45, 7) is 5.23. The molecule has 0 atom stereocenters. The van der Waals surface area contributed by atoms with Gasteiger partial charge in [-0.3, -0.25) is 0 Å². The Hall–Kier alpha value is -4.40. The van der Waals surface area contributed by atoms with Crippen LogP contribution in [-0.4, -0.2) is 64.3 Å². The van der Waals surface area contributed by atoms with Crippen LogP contribution in [0.3, 0.4) is 0 Å². The van der Waals surface area contributed by atoms with Crippen LogP contribution < -0.4 is 15.5 Å². The van der Waals surface area contributed by atoms with E-state index in [-0.39, 0.29) is 24.1 Å².